The highest BCUT2D eigenvalue weighted by molar-refractivity contribution is 5.96. The highest BCUT2D eigenvalue weighted by Gasteiger charge is 2.38. The van der Waals surface area contributed by atoms with E-state index >= 15 is 0 Å². The van der Waals surface area contributed by atoms with Gasteiger partial charge in [0.2, 0.25) is 5.91 Å². The largest absolute Gasteiger partial charge is 0.435 e. The van der Waals surface area contributed by atoms with Crippen LogP contribution in [0.1, 0.15) is 28.0 Å². The van der Waals surface area contributed by atoms with Crippen LogP contribution in [0.25, 0.3) is 16.9 Å². The van der Waals surface area contributed by atoms with Gasteiger partial charge in [-0.05, 0) is 37.1 Å². The number of nitrogens with one attached hydrogen (secondary N) is 4. The second kappa shape index (κ2) is 12.1. The third-order valence-electron chi connectivity index (χ3n) is 6.83. The molecular formula is C27H27F3N10O3. The minimum Gasteiger partial charge on any atom is -0.392 e. The summed E-state index contributed by atoms with van der Waals surface area (Å²) in [6, 6.07) is 6.32. The number of imidazole rings is 1. The quantitative estimate of drug-likeness (QED) is 0.180. The van der Waals surface area contributed by atoms with E-state index in [-0.39, 0.29) is 54.2 Å². The van der Waals surface area contributed by atoms with Crippen molar-refractivity contribution in [3.05, 3.63) is 59.8 Å². The zero-order valence-electron chi connectivity index (χ0n) is 22.8. The number of alkyl halides is 3. The predicted octanol–water partition coefficient (Wildman–Crippen LogP) is 1.76. The molecule has 4 heterocycles. The fourth-order valence-electron chi connectivity index (χ4n) is 4.81. The van der Waals surface area contributed by atoms with Crippen LogP contribution in [0.15, 0.2) is 43.0 Å². The lowest BCUT2D eigenvalue weighted by atomic mass is 10.1. The molecule has 4 aromatic rings. The molecule has 1 aromatic carbocycles. The van der Waals surface area contributed by atoms with Gasteiger partial charge in [-0.3, -0.25) is 18.7 Å². The molecule has 13 nitrogen and oxygen atoms in total. The van der Waals surface area contributed by atoms with Crippen molar-refractivity contribution in [2.24, 2.45) is 0 Å². The lowest BCUT2D eigenvalue weighted by Gasteiger charge is -2.13. The second-order valence-corrected chi connectivity index (χ2v) is 9.91. The Labute approximate surface area is 242 Å². The first-order valence-electron chi connectivity index (χ1n) is 13.2. The average molecular weight is 597 g/mol. The fraction of sp³-hybridized carbons (Fsp3) is 0.333. The Morgan fingerprint density at radius 2 is 2.02 bits per heavy atom. The molecule has 2 unspecified atom stereocenters. The van der Waals surface area contributed by atoms with Gasteiger partial charge in [-0.2, -0.15) is 23.5 Å². The Bertz CT molecular complexity index is 1710. The molecule has 5 N–H and O–H groups in total. The maximum atomic E-state index is 13.7. The molecule has 0 aliphatic carbocycles. The van der Waals surface area contributed by atoms with Gasteiger partial charge in [-0.1, -0.05) is 0 Å². The third kappa shape index (κ3) is 6.42. The van der Waals surface area contributed by atoms with Crippen LogP contribution in [0.2, 0.25) is 0 Å². The summed E-state index contributed by atoms with van der Waals surface area (Å²) in [7, 11) is 0. The number of β-amino-alcohol motifs (C(OH)–C–C–N with tert-alkyl or cyclic N) is 1. The summed E-state index contributed by atoms with van der Waals surface area (Å²) in [5.41, 5.74) is 0.638. The van der Waals surface area contributed by atoms with Gasteiger partial charge < -0.3 is 26.4 Å². The highest BCUT2D eigenvalue weighted by Crippen LogP contribution is 2.37. The maximum Gasteiger partial charge on any atom is 0.435 e. The van der Waals surface area contributed by atoms with Gasteiger partial charge in [0, 0.05) is 49.5 Å². The topological polar surface area (TPSA) is 174 Å². The maximum absolute atomic E-state index is 13.7. The molecule has 43 heavy (non-hydrogen) atoms. The average Bonchev–Trinajstić information content (AvgIpc) is 3.69. The van der Waals surface area contributed by atoms with Crippen LogP contribution >= 0.6 is 0 Å². The van der Waals surface area contributed by atoms with E-state index in [1.807, 2.05) is 0 Å². The van der Waals surface area contributed by atoms with E-state index in [0.29, 0.717) is 29.8 Å². The van der Waals surface area contributed by atoms with Crippen LogP contribution in [0.5, 0.6) is 0 Å². The number of amides is 2. The molecule has 1 fully saturated rings. The molecule has 224 valence electrons. The van der Waals surface area contributed by atoms with Crippen LogP contribution in [0, 0.1) is 18.3 Å². The molecule has 5 rings (SSSR count). The number of carbonyl (C=O) groups excluding carboxylic acids is 2. The molecule has 1 saturated heterocycles. The Morgan fingerprint density at radius 1 is 1.23 bits per heavy atom. The summed E-state index contributed by atoms with van der Waals surface area (Å²) in [6.45, 7) is 2.20. The van der Waals surface area contributed by atoms with Gasteiger partial charge in [0.25, 0.3) is 5.91 Å². The lowest BCUT2D eigenvalue weighted by Crippen LogP contribution is -2.43. The smallest absolute Gasteiger partial charge is 0.392 e. The van der Waals surface area contributed by atoms with Gasteiger partial charge in [-0.15, -0.1) is 0 Å². The number of carbonyl (C=O) groups is 2. The van der Waals surface area contributed by atoms with E-state index in [0.717, 1.165) is 10.9 Å². The Morgan fingerprint density at radius 3 is 2.72 bits per heavy atom. The normalized spacial score (nSPS) is 16.7. The summed E-state index contributed by atoms with van der Waals surface area (Å²) < 4.78 is 43.5. The molecule has 16 heteroatoms. The van der Waals surface area contributed by atoms with E-state index in [4.69, 9.17) is 5.26 Å². The van der Waals surface area contributed by atoms with Gasteiger partial charge in [0.05, 0.1) is 35.7 Å². The van der Waals surface area contributed by atoms with Crippen molar-refractivity contribution >= 4 is 29.0 Å². The molecule has 1 aliphatic rings. The SMILES string of the molecule is Cc1cc(Nc2nccn3c(-c4cn(CC#N)nc4C(F)(F)F)cnc23)ccc1C(=O)NCCNC(=O)C1CC(O)CN1. The van der Waals surface area contributed by atoms with E-state index < -0.39 is 24.0 Å². The van der Waals surface area contributed by atoms with Crippen molar-refractivity contribution < 1.29 is 27.9 Å². The van der Waals surface area contributed by atoms with Crippen LogP contribution in [0.4, 0.5) is 24.7 Å². The van der Waals surface area contributed by atoms with Crippen LogP contribution in [-0.2, 0) is 17.5 Å². The van der Waals surface area contributed by atoms with E-state index in [9.17, 15) is 27.9 Å². The van der Waals surface area contributed by atoms with E-state index in [2.05, 4.69) is 36.3 Å². The molecular weight excluding hydrogens is 569 g/mol. The number of hydrogen-bond donors (Lipinski definition) is 5. The van der Waals surface area contributed by atoms with Gasteiger partial charge in [0.15, 0.2) is 17.2 Å². The van der Waals surface area contributed by atoms with Crippen LogP contribution < -0.4 is 21.3 Å². The zero-order chi connectivity index (χ0) is 30.7. The molecule has 3 aromatic heterocycles. The molecule has 0 radical (unpaired) electrons. The van der Waals surface area contributed by atoms with Crippen LogP contribution in [-0.4, -0.2) is 72.9 Å². The molecule has 0 bridgehead atoms. The highest BCUT2D eigenvalue weighted by atomic mass is 19.4. The molecule has 2 amide bonds. The number of aryl methyl sites for hydroxylation is 1. The fourth-order valence-corrected chi connectivity index (χ4v) is 4.81. The number of hydrogen-bond acceptors (Lipinski definition) is 9. The van der Waals surface area contributed by atoms with Crippen LogP contribution in [0.3, 0.4) is 0 Å². The number of aromatic nitrogens is 5. The standard InChI is InChI=1S/C27H27F3N10O3/c1-15-10-16(2-3-18(15)25(42)33-5-6-34-26(43)20-11-17(41)12-35-20)37-23-24-36-13-21(40(24)9-7-32-23)19-14-39(8-4-31)38-22(19)27(28,29)30/h2-3,7,9-10,13-14,17,20,35,41H,5-6,8,11-12H2,1H3,(H,32,37)(H,33,42)(H,34,43). The van der Waals surface area contributed by atoms with Gasteiger partial charge in [0.1, 0.15) is 6.54 Å². The molecule has 2 atom stereocenters. The predicted molar refractivity (Wildman–Crippen MR) is 147 cm³/mol. The number of benzene rings is 1. The van der Waals surface area contributed by atoms with Crippen molar-refractivity contribution in [2.45, 2.75) is 38.2 Å². The second-order valence-electron chi connectivity index (χ2n) is 9.91. The first-order chi connectivity index (χ1) is 20.5. The number of halogens is 3. The summed E-state index contributed by atoms with van der Waals surface area (Å²) >= 11 is 0. The number of nitriles is 1. The minimum atomic E-state index is -4.74. The van der Waals surface area contributed by atoms with E-state index in [1.54, 1.807) is 31.2 Å². The minimum absolute atomic E-state index is 0.119. The van der Waals surface area contributed by atoms with Crippen molar-refractivity contribution in [2.75, 3.05) is 25.0 Å². The van der Waals surface area contributed by atoms with Crippen molar-refractivity contribution in [1.29, 1.82) is 5.26 Å². The van der Waals surface area contributed by atoms with Crippen molar-refractivity contribution in [1.82, 2.24) is 40.1 Å². The Hall–Kier alpha value is -5.01. The number of rotatable bonds is 9. The number of aliphatic hydroxyl groups excluding tert-OH is 1. The lowest BCUT2D eigenvalue weighted by molar-refractivity contribution is -0.141. The number of aliphatic hydroxyl groups is 1. The Balaban J connectivity index is 1.27. The van der Waals surface area contributed by atoms with Crippen molar-refractivity contribution in [3.8, 4) is 17.3 Å². The Kier molecular flexibility index (Phi) is 8.28. The molecule has 1 aliphatic heterocycles. The summed E-state index contributed by atoms with van der Waals surface area (Å²) in [6.07, 6.45) is 0.367. The number of fused-ring (bicyclic) bond motifs is 1. The zero-order valence-corrected chi connectivity index (χ0v) is 22.8. The van der Waals surface area contributed by atoms with E-state index in [1.165, 1.54) is 23.0 Å². The van der Waals surface area contributed by atoms with Gasteiger partial charge >= 0.3 is 6.18 Å². The third-order valence-corrected chi connectivity index (χ3v) is 6.83. The number of nitrogens with zero attached hydrogens (tertiary/aromatic N) is 6. The summed E-state index contributed by atoms with van der Waals surface area (Å²) in [4.78, 5) is 33.4. The first kappa shape index (κ1) is 29.5. The molecule has 0 saturated carbocycles. The first-order valence-corrected chi connectivity index (χ1v) is 13.2. The number of anilines is 2. The monoisotopic (exact) mass is 596 g/mol. The van der Waals surface area contributed by atoms with Gasteiger partial charge in [-0.25, -0.2) is 9.97 Å². The van der Waals surface area contributed by atoms with Crippen molar-refractivity contribution in [3.63, 3.8) is 0 Å². The summed E-state index contributed by atoms with van der Waals surface area (Å²) in [5, 5.41) is 33.5. The summed E-state index contributed by atoms with van der Waals surface area (Å²) in [5.74, 6) is -0.299. The molecule has 0 spiro atoms.